The Balaban J connectivity index is 2.04. The first kappa shape index (κ1) is 14.3. The number of benzene rings is 1. The van der Waals surface area contributed by atoms with Crippen molar-refractivity contribution in [1.82, 2.24) is 9.88 Å². The molecule has 2 rings (SSSR count). The third-order valence-electron chi connectivity index (χ3n) is 2.77. The first-order valence-corrected chi connectivity index (χ1v) is 6.76. The molecule has 5 nitrogen and oxygen atoms in total. The molecule has 0 bridgehead atoms. The third kappa shape index (κ3) is 3.48. The summed E-state index contributed by atoms with van der Waals surface area (Å²) in [7, 11) is 0. The predicted octanol–water partition coefficient (Wildman–Crippen LogP) is 2.27. The zero-order valence-electron chi connectivity index (χ0n) is 10.5. The highest BCUT2D eigenvalue weighted by atomic mass is 79.9. The molecule has 0 saturated carbocycles. The molecule has 1 heterocycles. The van der Waals surface area contributed by atoms with E-state index < -0.39 is 5.97 Å². The normalized spacial score (nSPS) is 10.2. The lowest BCUT2D eigenvalue weighted by Crippen LogP contribution is -2.26. The van der Waals surface area contributed by atoms with Gasteiger partial charge in [0.15, 0.2) is 0 Å². The number of carboxylic acids is 1. The summed E-state index contributed by atoms with van der Waals surface area (Å²) in [5.41, 5.74) is 1.29. The zero-order chi connectivity index (χ0) is 14.5. The number of hydrogen-bond acceptors (Lipinski definition) is 2. The van der Waals surface area contributed by atoms with Crippen LogP contribution in [0.4, 0.5) is 0 Å². The van der Waals surface area contributed by atoms with Crippen LogP contribution in [0, 0.1) is 0 Å². The number of carboxylic acid groups (broad SMARTS) is 1. The lowest BCUT2D eigenvalue weighted by atomic mass is 10.2. The second-order valence-corrected chi connectivity index (χ2v) is 5.04. The Morgan fingerprint density at radius 1 is 1.20 bits per heavy atom. The highest BCUT2D eigenvalue weighted by Gasteiger charge is 2.12. The van der Waals surface area contributed by atoms with Crippen LogP contribution in [0.15, 0.2) is 47.1 Å². The average molecular weight is 337 g/mol. The van der Waals surface area contributed by atoms with Gasteiger partial charge in [-0.15, -0.1) is 0 Å². The van der Waals surface area contributed by atoms with Crippen LogP contribution in [0.25, 0.3) is 0 Å². The molecular formula is C14H13BrN2O3. The maximum Gasteiger partial charge on any atom is 0.323 e. The summed E-state index contributed by atoms with van der Waals surface area (Å²) in [5.74, 6) is -1.28. The second kappa shape index (κ2) is 6.38. The van der Waals surface area contributed by atoms with Crippen molar-refractivity contribution in [2.24, 2.45) is 0 Å². The van der Waals surface area contributed by atoms with Crippen molar-refractivity contribution in [1.29, 1.82) is 0 Å². The van der Waals surface area contributed by atoms with E-state index in [1.807, 2.05) is 24.3 Å². The van der Waals surface area contributed by atoms with Gasteiger partial charge in [0.1, 0.15) is 12.2 Å². The summed E-state index contributed by atoms with van der Waals surface area (Å²) in [6.07, 6.45) is 1.57. The van der Waals surface area contributed by atoms with Gasteiger partial charge in [0.05, 0.1) is 0 Å². The Kier molecular flexibility index (Phi) is 4.57. The van der Waals surface area contributed by atoms with Crippen LogP contribution >= 0.6 is 15.9 Å². The van der Waals surface area contributed by atoms with Gasteiger partial charge in [-0.3, -0.25) is 9.59 Å². The van der Waals surface area contributed by atoms with Gasteiger partial charge in [-0.1, -0.05) is 34.1 Å². The van der Waals surface area contributed by atoms with Gasteiger partial charge in [-0.2, -0.15) is 0 Å². The quantitative estimate of drug-likeness (QED) is 0.879. The molecule has 0 unspecified atom stereocenters. The van der Waals surface area contributed by atoms with Gasteiger partial charge in [0.25, 0.3) is 5.91 Å². The fourth-order valence-corrected chi connectivity index (χ4v) is 2.24. The van der Waals surface area contributed by atoms with Gasteiger partial charge in [0.2, 0.25) is 0 Å². The molecular weight excluding hydrogens is 324 g/mol. The molecule has 0 saturated heterocycles. The second-order valence-electron chi connectivity index (χ2n) is 4.19. The molecule has 20 heavy (non-hydrogen) atoms. The Hall–Kier alpha value is -2.08. The molecule has 6 heteroatoms. The number of nitrogens with one attached hydrogen (secondary N) is 1. The number of nitrogens with zero attached hydrogens (tertiary/aromatic N) is 1. The van der Waals surface area contributed by atoms with E-state index in [9.17, 15) is 9.59 Å². The van der Waals surface area contributed by atoms with Crippen molar-refractivity contribution in [3.63, 3.8) is 0 Å². The zero-order valence-corrected chi connectivity index (χ0v) is 12.1. The summed E-state index contributed by atoms with van der Waals surface area (Å²) in [6.45, 7) is 0.142. The number of halogens is 1. The molecule has 0 aliphatic heterocycles. The van der Waals surface area contributed by atoms with Gasteiger partial charge < -0.3 is 15.0 Å². The predicted molar refractivity (Wildman–Crippen MR) is 77.4 cm³/mol. The van der Waals surface area contributed by atoms with Crippen LogP contribution in [0.2, 0.25) is 0 Å². The van der Waals surface area contributed by atoms with Crippen molar-refractivity contribution in [2.45, 2.75) is 13.1 Å². The van der Waals surface area contributed by atoms with Crippen LogP contribution in [0.1, 0.15) is 16.1 Å². The fraction of sp³-hybridized carbons (Fsp3) is 0.143. The molecule has 0 radical (unpaired) electrons. The Bertz CT molecular complexity index is 637. The van der Waals surface area contributed by atoms with Crippen LogP contribution in [-0.2, 0) is 17.9 Å². The van der Waals surface area contributed by atoms with Gasteiger partial charge in [0, 0.05) is 17.2 Å². The third-order valence-corrected chi connectivity index (χ3v) is 3.54. The van der Waals surface area contributed by atoms with E-state index >= 15 is 0 Å². The highest BCUT2D eigenvalue weighted by molar-refractivity contribution is 9.10. The van der Waals surface area contributed by atoms with Crippen molar-refractivity contribution in [3.8, 4) is 0 Å². The summed E-state index contributed by atoms with van der Waals surface area (Å²) < 4.78 is 2.32. The first-order chi connectivity index (χ1) is 9.58. The fourth-order valence-electron chi connectivity index (χ4n) is 1.81. The molecule has 2 aromatic rings. The number of amides is 1. The van der Waals surface area contributed by atoms with Crippen LogP contribution in [0.3, 0.4) is 0 Å². The molecule has 0 aliphatic rings. The molecule has 0 aliphatic carbocycles. The summed E-state index contributed by atoms with van der Waals surface area (Å²) in [5, 5.41) is 11.6. The standard InChI is InChI=1S/C14H13BrN2O3/c15-11-5-2-1-4-10(11)8-16-14(20)12-6-3-7-17(12)9-13(18)19/h1-7H,8-9H2,(H,16,20)(H,18,19). The van der Waals surface area contributed by atoms with Crippen molar-refractivity contribution < 1.29 is 14.7 Å². The molecule has 104 valence electrons. The van der Waals surface area contributed by atoms with Crippen LogP contribution in [0.5, 0.6) is 0 Å². The first-order valence-electron chi connectivity index (χ1n) is 5.96. The number of carbonyl (C=O) groups is 2. The van der Waals surface area contributed by atoms with E-state index in [-0.39, 0.29) is 12.5 Å². The smallest absolute Gasteiger partial charge is 0.323 e. The largest absolute Gasteiger partial charge is 0.480 e. The number of aromatic nitrogens is 1. The highest BCUT2D eigenvalue weighted by Crippen LogP contribution is 2.15. The number of aliphatic carboxylic acids is 1. The Labute approximate surface area is 124 Å². The van der Waals surface area contributed by atoms with Crippen molar-refractivity contribution >= 4 is 27.8 Å². The SMILES string of the molecule is O=C(O)Cn1cccc1C(=O)NCc1ccccc1Br. The topological polar surface area (TPSA) is 71.3 Å². The van der Waals surface area contributed by atoms with E-state index in [1.54, 1.807) is 18.3 Å². The van der Waals surface area contributed by atoms with Gasteiger partial charge in [-0.25, -0.2) is 0 Å². The molecule has 0 fully saturated rings. The minimum atomic E-state index is -0.985. The molecule has 1 aromatic heterocycles. The Morgan fingerprint density at radius 3 is 2.65 bits per heavy atom. The molecule has 0 spiro atoms. The van der Waals surface area contributed by atoms with Crippen molar-refractivity contribution in [2.75, 3.05) is 0 Å². The molecule has 2 N–H and O–H groups in total. The number of hydrogen-bond donors (Lipinski definition) is 2. The maximum atomic E-state index is 12.1. The van der Waals surface area contributed by atoms with Crippen molar-refractivity contribution in [3.05, 3.63) is 58.3 Å². The lowest BCUT2D eigenvalue weighted by Gasteiger charge is -2.09. The minimum Gasteiger partial charge on any atom is -0.480 e. The minimum absolute atomic E-state index is 0.231. The van der Waals surface area contributed by atoms with E-state index in [0.29, 0.717) is 12.2 Å². The molecule has 1 aromatic carbocycles. The summed E-state index contributed by atoms with van der Waals surface area (Å²) >= 11 is 3.41. The van der Waals surface area contributed by atoms with E-state index in [1.165, 1.54) is 4.57 Å². The number of rotatable bonds is 5. The van der Waals surface area contributed by atoms with Crippen LogP contribution in [-0.4, -0.2) is 21.6 Å². The van der Waals surface area contributed by atoms with Gasteiger partial charge in [-0.05, 0) is 23.8 Å². The Morgan fingerprint density at radius 2 is 1.95 bits per heavy atom. The van der Waals surface area contributed by atoms with E-state index in [0.717, 1.165) is 10.0 Å². The van der Waals surface area contributed by atoms with Crippen LogP contribution < -0.4 is 5.32 Å². The monoisotopic (exact) mass is 336 g/mol. The summed E-state index contributed by atoms with van der Waals surface area (Å²) in [4.78, 5) is 22.8. The lowest BCUT2D eigenvalue weighted by molar-refractivity contribution is -0.137. The molecule has 1 amide bonds. The number of carbonyl (C=O) groups excluding carboxylic acids is 1. The average Bonchev–Trinajstić information content (AvgIpc) is 2.85. The molecule has 0 atom stereocenters. The van der Waals surface area contributed by atoms with E-state index in [4.69, 9.17) is 5.11 Å². The van der Waals surface area contributed by atoms with Gasteiger partial charge >= 0.3 is 5.97 Å². The maximum absolute atomic E-state index is 12.1. The summed E-state index contributed by atoms with van der Waals surface area (Å²) in [6, 6.07) is 10.8. The van der Waals surface area contributed by atoms with E-state index in [2.05, 4.69) is 21.2 Å².